The van der Waals surface area contributed by atoms with Gasteiger partial charge in [0.2, 0.25) is 0 Å². The summed E-state index contributed by atoms with van der Waals surface area (Å²) in [6, 6.07) is 5.58. The van der Waals surface area contributed by atoms with E-state index in [0.29, 0.717) is 5.75 Å². The van der Waals surface area contributed by atoms with Crippen molar-refractivity contribution in [3.63, 3.8) is 0 Å². The van der Waals surface area contributed by atoms with Gasteiger partial charge in [0.1, 0.15) is 5.75 Å². The minimum atomic E-state index is -0.450. The highest BCUT2D eigenvalue weighted by molar-refractivity contribution is 6.31. The van der Waals surface area contributed by atoms with Gasteiger partial charge in [-0.2, -0.15) is 0 Å². The van der Waals surface area contributed by atoms with Crippen LogP contribution in [0.4, 0.5) is 0 Å². The van der Waals surface area contributed by atoms with E-state index in [-0.39, 0.29) is 5.91 Å². The maximum atomic E-state index is 12.5. The first-order valence-corrected chi connectivity index (χ1v) is 8.23. The van der Waals surface area contributed by atoms with Gasteiger partial charge in [-0.3, -0.25) is 4.79 Å². The third-order valence-electron chi connectivity index (χ3n) is 3.98. The maximum Gasteiger partial charge on any atom is 0.263 e. The second kappa shape index (κ2) is 7.69. The fourth-order valence-electron chi connectivity index (χ4n) is 2.70. The molecule has 0 aromatic heterocycles. The van der Waals surface area contributed by atoms with Crippen LogP contribution in [0.15, 0.2) is 18.2 Å². The number of aryl methyl sites for hydroxylation is 1. The van der Waals surface area contributed by atoms with Crippen molar-refractivity contribution >= 4 is 17.5 Å². The van der Waals surface area contributed by atoms with Gasteiger partial charge < -0.3 is 9.64 Å². The molecule has 0 N–H and O–H groups in total. The molecule has 0 aliphatic carbocycles. The van der Waals surface area contributed by atoms with Gasteiger partial charge in [-0.15, -0.1) is 0 Å². The summed E-state index contributed by atoms with van der Waals surface area (Å²) in [4.78, 5) is 14.4. The Bertz CT molecular complexity index is 482. The van der Waals surface area contributed by atoms with Crippen LogP contribution >= 0.6 is 11.6 Å². The van der Waals surface area contributed by atoms with Gasteiger partial charge in [0, 0.05) is 18.1 Å². The van der Waals surface area contributed by atoms with E-state index in [1.165, 1.54) is 12.8 Å². The molecule has 3 nitrogen and oxygen atoms in total. The minimum absolute atomic E-state index is 0.0879. The number of hydrogen-bond donors (Lipinski definition) is 0. The summed E-state index contributed by atoms with van der Waals surface area (Å²) >= 11 is 6.10. The van der Waals surface area contributed by atoms with Crippen LogP contribution in [0.25, 0.3) is 0 Å². The number of amides is 1. The zero-order valence-corrected chi connectivity index (χ0v) is 13.7. The lowest BCUT2D eigenvalue weighted by molar-refractivity contribution is -0.137. The molecule has 0 saturated carbocycles. The molecule has 21 heavy (non-hydrogen) atoms. The highest BCUT2D eigenvalue weighted by atomic mass is 35.5. The Morgan fingerprint density at radius 2 is 1.95 bits per heavy atom. The number of hydrogen-bond acceptors (Lipinski definition) is 2. The number of ether oxygens (including phenoxy) is 1. The largest absolute Gasteiger partial charge is 0.481 e. The molecule has 0 spiro atoms. The van der Waals surface area contributed by atoms with Crippen molar-refractivity contribution in [2.24, 2.45) is 0 Å². The summed E-state index contributed by atoms with van der Waals surface area (Å²) in [5, 5.41) is 0.747. The van der Waals surface area contributed by atoms with Gasteiger partial charge in [-0.25, -0.2) is 0 Å². The minimum Gasteiger partial charge on any atom is -0.481 e. The number of likely N-dealkylation sites (tertiary alicyclic amines) is 1. The average Bonchev–Trinajstić information content (AvgIpc) is 2.77. The predicted octanol–water partition coefficient (Wildman–Crippen LogP) is 4.07. The van der Waals surface area contributed by atoms with E-state index in [1.807, 2.05) is 30.0 Å². The number of benzene rings is 1. The number of carbonyl (C=O) groups is 1. The van der Waals surface area contributed by atoms with Crippen molar-refractivity contribution in [1.29, 1.82) is 0 Å². The molecule has 1 atom stereocenters. The van der Waals surface area contributed by atoms with Crippen molar-refractivity contribution < 1.29 is 9.53 Å². The van der Waals surface area contributed by atoms with Crippen molar-refractivity contribution in [1.82, 2.24) is 4.90 Å². The Kier molecular flexibility index (Phi) is 5.92. The van der Waals surface area contributed by atoms with Crippen LogP contribution in [0, 0.1) is 0 Å². The van der Waals surface area contributed by atoms with Crippen molar-refractivity contribution in [3.05, 3.63) is 28.8 Å². The molecule has 0 radical (unpaired) electrons. The van der Waals surface area contributed by atoms with E-state index in [4.69, 9.17) is 16.3 Å². The van der Waals surface area contributed by atoms with E-state index < -0.39 is 6.10 Å². The number of nitrogens with zero attached hydrogens (tertiary/aromatic N) is 1. The highest BCUT2D eigenvalue weighted by Crippen LogP contribution is 2.23. The molecule has 0 bridgehead atoms. The molecule has 1 fully saturated rings. The van der Waals surface area contributed by atoms with Crippen LogP contribution < -0.4 is 4.74 Å². The van der Waals surface area contributed by atoms with Crippen LogP contribution in [0.2, 0.25) is 5.02 Å². The second-order valence-electron chi connectivity index (χ2n) is 5.61. The molecule has 1 saturated heterocycles. The molecular formula is C17H24ClNO2. The lowest BCUT2D eigenvalue weighted by Gasteiger charge is -2.24. The standard InChI is InChI=1S/C17H24ClNO2/c1-3-14-12-15(8-9-16(14)18)21-13(2)17(20)19-10-6-4-5-7-11-19/h8-9,12-13H,3-7,10-11H2,1-2H3. The quantitative estimate of drug-likeness (QED) is 0.839. The van der Waals surface area contributed by atoms with Gasteiger partial charge in [0.15, 0.2) is 6.10 Å². The SMILES string of the molecule is CCc1cc(OC(C)C(=O)N2CCCCCC2)ccc1Cl. The lowest BCUT2D eigenvalue weighted by atomic mass is 10.1. The van der Waals surface area contributed by atoms with Gasteiger partial charge in [0.25, 0.3) is 5.91 Å². The molecule has 4 heteroatoms. The molecule has 1 heterocycles. The zero-order chi connectivity index (χ0) is 15.2. The number of rotatable bonds is 4. The summed E-state index contributed by atoms with van der Waals surface area (Å²) in [6.45, 7) is 5.59. The van der Waals surface area contributed by atoms with E-state index in [2.05, 4.69) is 6.92 Å². The average molecular weight is 310 g/mol. The van der Waals surface area contributed by atoms with E-state index in [9.17, 15) is 4.79 Å². The molecule has 1 aliphatic rings. The summed E-state index contributed by atoms with van der Waals surface area (Å²) < 4.78 is 5.82. The lowest BCUT2D eigenvalue weighted by Crippen LogP contribution is -2.41. The van der Waals surface area contributed by atoms with Crippen LogP contribution in [0.3, 0.4) is 0 Å². The van der Waals surface area contributed by atoms with Gasteiger partial charge in [0.05, 0.1) is 0 Å². The Morgan fingerprint density at radius 1 is 1.29 bits per heavy atom. The maximum absolute atomic E-state index is 12.5. The fourth-order valence-corrected chi connectivity index (χ4v) is 2.95. The van der Waals surface area contributed by atoms with Crippen LogP contribution in [-0.2, 0) is 11.2 Å². The number of carbonyl (C=O) groups excluding carboxylic acids is 1. The first kappa shape index (κ1) is 16.2. The van der Waals surface area contributed by atoms with Crippen LogP contribution in [-0.4, -0.2) is 30.0 Å². The second-order valence-corrected chi connectivity index (χ2v) is 6.01. The van der Waals surface area contributed by atoms with Crippen LogP contribution in [0.1, 0.15) is 45.1 Å². The van der Waals surface area contributed by atoms with Crippen LogP contribution in [0.5, 0.6) is 5.75 Å². The summed E-state index contributed by atoms with van der Waals surface area (Å²) in [6.07, 6.45) is 5.03. The zero-order valence-electron chi connectivity index (χ0n) is 12.9. The van der Waals surface area contributed by atoms with Gasteiger partial charge in [-0.05, 0) is 49.9 Å². The molecule has 1 amide bonds. The third-order valence-corrected chi connectivity index (χ3v) is 4.35. The van der Waals surface area contributed by atoms with Crippen molar-refractivity contribution in [2.45, 2.75) is 52.1 Å². The molecule has 1 aliphatic heterocycles. The Hall–Kier alpha value is -1.22. The molecule has 1 unspecified atom stereocenters. The summed E-state index contributed by atoms with van der Waals surface area (Å²) in [5.74, 6) is 0.803. The van der Waals surface area contributed by atoms with Crippen molar-refractivity contribution in [2.75, 3.05) is 13.1 Å². The Labute approximate surface area is 132 Å². The predicted molar refractivity (Wildman–Crippen MR) is 86.0 cm³/mol. The highest BCUT2D eigenvalue weighted by Gasteiger charge is 2.22. The normalized spacial score (nSPS) is 17.2. The molecule has 116 valence electrons. The van der Waals surface area contributed by atoms with E-state index in [0.717, 1.165) is 42.9 Å². The first-order chi connectivity index (χ1) is 10.1. The topological polar surface area (TPSA) is 29.5 Å². The monoisotopic (exact) mass is 309 g/mol. The third kappa shape index (κ3) is 4.37. The molecule has 2 rings (SSSR count). The Morgan fingerprint density at radius 3 is 2.57 bits per heavy atom. The fraction of sp³-hybridized carbons (Fsp3) is 0.588. The molecule has 1 aromatic rings. The van der Waals surface area contributed by atoms with Gasteiger partial charge >= 0.3 is 0 Å². The molecule has 1 aromatic carbocycles. The number of halogens is 1. The summed E-state index contributed by atoms with van der Waals surface area (Å²) in [5.41, 5.74) is 1.04. The first-order valence-electron chi connectivity index (χ1n) is 7.85. The molecular weight excluding hydrogens is 286 g/mol. The van der Waals surface area contributed by atoms with E-state index >= 15 is 0 Å². The Balaban J connectivity index is 1.99. The van der Waals surface area contributed by atoms with Gasteiger partial charge in [-0.1, -0.05) is 31.4 Å². The van der Waals surface area contributed by atoms with Crippen molar-refractivity contribution in [3.8, 4) is 5.75 Å². The summed E-state index contributed by atoms with van der Waals surface area (Å²) in [7, 11) is 0. The smallest absolute Gasteiger partial charge is 0.263 e. The van der Waals surface area contributed by atoms with E-state index in [1.54, 1.807) is 0 Å².